The van der Waals surface area contributed by atoms with Crippen molar-refractivity contribution in [2.45, 2.75) is 38.6 Å². The zero-order valence-electron chi connectivity index (χ0n) is 12.8. The minimum absolute atomic E-state index is 0.0201. The highest BCUT2D eigenvalue weighted by atomic mass is 32.2. The van der Waals surface area contributed by atoms with Gasteiger partial charge in [-0.2, -0.15) is 0 Å². The number of aryl methyl sites for hydroxylation is 1. The maximum atomic E-state index is 12.9. The molecular formula is C16H22FNO3S. The molecule has 0 aromatic heterocycles. The van der Waals surface area contributed by atoms with Crippen LogP contribution in [0.25, 0.3) is 0 Å². The Morgan fingerprint density at radius 2 is 2.00 bits per heavy atom. The lowest BCUT2D eigenvalue weighted by atomic mass is 10.1. The molecule has 1 aromatic rings. The van der Waals surface area contributed by atoms with Gasteiger partial charge in [0.25, 0.3) is 0 Å². The minimum atomic E-state index is -3.00. The van der Waals surface area contributed by atoms with Crippen LogP contribution in [-0.4, -0.2) is 43.3 Å². The summed E-state index contributed by atoms with van der Waals surface area (Å²) in [5.74, 6) is -0.0644. The van der Waals surface area contributed by atoms with Crippen molar-refractivity contribution in [3.05, 3.63) is 35.6 Å². The Morgan fingerprint density at radius 3 is 2.55 bits per heavy atom. The maximum absolute atomic E-state index is 12.9. The van der Waals surface area contributed by atoms with Crippen LogP contribution in [0.4, 0.5) is 4.39 Å². The second-order valence-electron chi connectivity index (χ2n) is 5.77. The Hall–Kier alpha value is -1.43. The molecule has 1 aliphatic rings. The van der Waals surface area contributed by atoms with Gasteiger partial charge >= 0.3 is 0 Å². The molecule has 1 amide bonds. The predicted octanol–water partition coefficient (Wildman–Crippen LogP) is 2.18. The summed E-state index contributed by atoms with van der Waals surface area (Å²) in [4.78, 5) is 14.1. The standard InChI is InChI=1S/C16H22FNO3S/c1-2-10-18(15-9-11-22(20,21)12-15)16(19)8-5-13-3-6-14(17)7-4-13/h3-4,6-7,15H,2,5,8-12H2,1H3. The molecule has 0 spiro atoms. The van der Waals surface area contributed by atoms with E-state index in [2.05, 4.69) is 0 Å². The van der Waals surface area contributed by atoms with Gasteiger partial charge in [-0.15, -0.1) is 0 Å². The van der Waals surface area contributed by atoms with Crippen LogP contribution in [0.15, 0.2) is 24.3 Å². The van der Waals surface area contributed by atoms with Gasteiger partial charge in [-0.3, -0.25) is 4.79 Å². The third-order valence-corrected chi connectivity index (χ3v) is 5.73. The van der Waals surface area contributed by atoms with Gasteiger partial charge in [0, 0.05) is 19.0 Å². The quantitative estimate of drug-likeness (QED) is 0.805. The molecule has 1 saturated heterocycles. The second kappa shape index (κ2) is 7.22. The van der Waals surface area contributed by atoms with Crippen LogP contribution in [0.5, 0.6) is 0 Å². The van der Waals surface area contributed by atoms with E-state index in [0.717, 1.165) is 12.0 Å². The fourth-order valence-corrected chi connectivity index (χ4v) is 4.55. The molecule has 0 N–H and O–H groups in total. The SMILES string of the molecule is CCCN(C(=O)CCc1ccc(F)cc1)C1CCS(=O)(=O)C1. The van der Waals surface area contributed by atoms with Gasteiger partial charge in [0.2, 0.25) is 5.91 Å². The molecule has 1 heterocycles. The number of amides is 1. The van der Waals surface area contributed by atoms with Crippen molar-refractivity contribution in [1.82, 2.24) is 4.90 Å². The molecule has 1 aromatic carbocycles. The fourth-order valence-electron chi connectivity index (χ4n) is 2.82. The van der Waals surface area contributed by atoms with Crippen LogP contribution >= 0.6 is 0 Å². The smallest absolute Gasteiger partial charge is 0.223 e. The summed E-state index contributed by atoms with van der Waals surface area (Å²) in [6.07, 6.45) is 2.20. The Morgan fingerprint density at radius 1 is 1.32 bits per heavy atom. The number of nitrogens with zero attached hydrogens (tertiary/aromatic N) is 1. The molecule has 1 fully saturated rings. The average molecular weight is 327 g/mol. The normalized spacial score (nSPS) is 20.0. The van der Waals surface area contributed by atoms with E-state index in [0.29, 0.717) is 25.8 Å². The lowest BCUT2D eigenvalue weighted by Crippen LogP contribution is -2.41. The minimum Gasteiger partial charge on any atom is -0.339 e. The van der Waals surface area contributed by atoms with Gasteiger partial charge in [-0.1, -0.05) is 19.1 Å². The predicted molar refractivity (Wildman–Crippen MR) is 83.8 cm³/mol. The van der Waals surface area contributed by atoms with Crippen LogP contribution < -0.4 is 0 Å². The van der Waals surface area contributed by atoms with Crippen molar-refractivity contribution >= 4 is 15.7 Å². The van der Waals surface area contributed by atoms with E-state index in [1.165, 1.54) is 12.1 Å². The Kier molecular flexibility index (Phi) is 5.56. The van der Waals surface area contributed by atoms with E-state index >= 15 is 0 Å². The summed E-state index contributed by atoms with van der Waals surface area (Å²) in [6.45, 7) is 2.56. The maximum Gasteiger partial charge on any atom is 0.223 e. The summed E-state index contributed by atoms with van der Waals surface area (Å²) in [5.41, 5.74) is 0.908. The molecule has 1 unspecified atom stereocenters. The first-order valence-electron chi connectivity index (χ1n) is 7.65. The Balaban J connectivity index is 1.96. The monoisotopic (exact) mass is 327 g/mol. The van der Waals surface area contributed by atoms with Gasteiger partial charge < -0.3 is 4.90 Å². The zero-order chi connectivity index (χ0) is 16.2. The summed E-state index contributed by atoms with van der Waals surface area (Å²) in [5, 5.41) is 0. The van der Waals surface area contributed by atoms with Gasteiger partial charge in [-0.05, 0) is 37.0 Å². The molecule has 0 bridgehead atoms. The molecule has 22 heavy (non-hydrogen) atoms. The van der Waals surface area contributed by atoms with E-state index in [-0.39, 0.29) is 29.3 Å². The van der Waals surface area contributed by atoms with Crippen molar-refractivity contribution in [3.8, 4) is 0 Å². The summed E-state index contributed by atoms with van der Waals surface area (Å²) in [6, 6.07) is 5.92. The van der Waals surface area contributed by atoms with Gasteiger partial charge in [0.1, 0.15) is 5.82 Å². The molecule has 1 aliphatic heterocycles. The molecule has 2 rings (SSSR count). The largest absolute Gasteiger partial charge is 0.339 e. The number of sulfone groups is 1. The van der Waals surface area contributed by atoms with E-state index < -0.39 is 9.84 Å². The highest BCUT2D eigenvalue weighted by molar-refractivity contribution is 7.91. The van der Waals surface area contributed by atoms with Crippen LogP contribution in [0.3, 0.4) is 0 Å². The van der Waals surface area contributed by atoms with E-state index in [1.807, 2.05) is 6.92 Å². The van der Waals surface area contributed by atoms with Crippen LogP contribution in [0, 0.1) is 5.82 Å². The van der Waals surface area contributed by atoms with Crippen molar-refractivity contribution in [2.75, 3.05) is 18.1 Å². The highest BCUT2D eigenvalue weighted by Gasteiger charge is 2.33. The first-order chi connectivity index (χ1) is 10.4. The van der Waals surface area contributed by atoms with E-state index in [4.69, 9.17) is 0 Å². The molecule has 4 nitrogen and oxygen atoms in total. The molecule has 6 heteroatoms. The van der Waals surface area contributed by atoms with Crippen molar-refractivity contribution in [2.24, 2.45) is 0 Å². The summed E-state index contributed by atoms with van der Waals surface area (Å²) >= 11 is 0. The molecule has 1 atom stereocenters. The Labute approximate surface area is 131 Å². The molecule has 122 valence electrons. The van der Waals surface area contributed by atoms with Crippen LogP contribution in [0.2, 0.25) is 0 Å². The second-order valence-corrected chi connectivity index (χ2v) is 8.00. The van der Waals surface area contributed by atoms with Gasteiger partial charge in [0.05, 0.1) is 11.5 Å². The summed E-state index contributed by atoms with van der Waals surface area (Å²) < 4.78 is 36.1. The number of carbonyl (C=O) groups excluding carboxylic acids is 1. The lowest BCUT2D eigenvalue weighted by Gasteiger charge is -2.28. The van der Waals surface area contributed by atoms with Gasteiger partial charge in [0.15, 0.2) is 9.84 Å². The molecule has 0 aliphatic carbocycles. The number of hydrogen-bond donors (Lipinski definition) is 0. The van der Waals surface area contributed by atoms with Crippen molar-refractivity contribution < 1.29 is 17.6 Å². The lowest BCUT2D eigenvalue weighted by molar-refractivity contribution is -0.133. The first-order valence-corrected chi connectivity index (χ1v) is 9.48. The van der Waals surface area contributed by atoms with Crippen LogP contribution in [-0.2, 0) is 21.1 Å². The third kappa shape index (κ3) is 4.53. The topological polar surface area (TPSA) is 54.5 Å². The van der Waals surface area contributed by atoms with Crippen molar-refractivity contribution in [1.29, 1.82) is 0 Å². The average Bonchev–Trinajstić information content (AvgIpc) is 2.83. The number of benzene rings is 1. The zero-order valence-corrected chi connectivity index (χ0v) is 13.6. The summed E-state index contributed by atoms with van der Waals surface area (Å²) in [7, 11) is -3.00. The highest BCUT2D eigenvalue weighted by Crippen LogP contribution is 2.19. The number of halogens is 1. The number of rotatable bonds is 6. The van der Waals surface area contributed by atoms with Crippen molar-refractivity contribution in [3.63, 3.8) is 0 Å². The third-order valence-electron chi connectivity index (χ3n) is 3.97. The van der Waals surface area contributed by atoms with E-state index in [1.54, 1.807) is 17.0 Å². The molecule has 0 radical (unpaired) electrons. The molecule has 0 saturated carbocycles. The number of hydrogen-bond acceptors (Lipinski definition) is 3. The molecular weight excluding hydrogens is 305 g/mol. The van der Waals surface area contributed by atoms with Crippen LogP contribution in [0.1, 0.15) is 31.7 Å². The fraction of sp³-hybridized carbons (Fsp3) is 0.562. The Bertz CT molecular complexity index is 613. The van der Waals surface area contributed by atoms with E-state index in [9.17, 15) is 17.6 Å². The first kappa shape index (κ1) is 16.9. The van der Waals surface area contributed by atoms with Gasteiger partial charge in [-0.25, -0.2) is 12.8 Å². The number of carbonyl (C=O) groups is 1.